The molecule has 0 spiro atoms. The summed E-state index contributed by atoms with van der Waals surface area (Å²) in [4.78, 5) is 7.07. The fraction of sp³-hybridized carbons (Fsp3) is 0. The molecular weight excluding hydrogens is 1890 g/mol. The highest BCUT2D eigenvalue weighted by atomic mass is 32.1. The number of para-hydroxylation sites is 1. The Balaban J connectivity index is 0.000000111. The zero-order valence-corrected chi connectivity index (χ0v) is 84.6. The van der Waals surface area contributed by atoms with Crippen LogP contribution in [0.25, 0.3) is 210 Å². The Bertz CT molecular complexity index is 9330. The van der Waals surface area contributed by atoms with Crippen LogP contribution in [0.1, 0.15) is 0 Å². The van der Waals surface area contributed by atoms with Gasteiger partial charge in [0.15, 0.2) is 0 Å². The first-order valence-electron chi connectivity index (χ1n) is 49.7. The molecule has 0 unspecified atom stereocenters. The fourth-order valence-corrected chi connectivity index (χ4v) is 28.8. The van der Waals surface area contributed by atoms with Crippen molar-refractivity contribution in [1.82, 2.24) is 0 Å². The van der Waals surface area contributed by atoms with E-state index in [1.54, 1.807) is 0 Å². The number of nitrogens with zero attached hydrogens (tertiary/aromatic N) is 3. The molecule has 29 rings (SSSR count). The highest BCUT2D eigenvalue weighted by Crippen LogP contribution is 2.51. The Morgan fingerprint density at radius 1 is 0.0952 bits per heavy atom. The molecular formula is C138H89N3S6. The molecule has 23 aromatic carbocycles. The Kier molecular flexibility index (Phi) is 23.2. The third kappa shape index (κ3) is 16.6. The maximum absolute atomic E-state index is 2.39. The Morgan fingerprint density at radius 3 is 0.415 bits per heavy atom. The second-order valence-electron chi connectivity index (χ2n) is 37.1. The summed E-state index contributed by atoms with van der Waals surface area (Å²) in [6, 6.07) is 196. The SMILES string of the molecule is c1ccc(-c2ccc(N(c3ccc(-c4ccccc4)cc3)c3ccc(-c4cccc5c4sc4ccccc45)cc3)cc2)cc1.c1ccc(N(c2ccc(-c3cccc4c3sc3ccccc34)cc2)c2ccc(-c3cccc4c3sc3ccccc34)cc2)cc1.c1ccc2c(c1)sc1c(-c3ccc(N(c4ccc(-c5cccc6c5sc5ccccc56)cc4)c4ccc(-c5cccc6c5sc5ccccc56)cc4)cc3)cccc12. The lowest BCUT2D eigenvalue weighted by Crippen LogP contribution is -2.09. The Labute approximate surface area is 876 Å². The van der Waals surface area contributed by atoms with Gasteiger partial charge in [0.25, 0.3) is 0 Å². The Hall–Kier alpha value is -17.2. The molecule has 0 bridgehead atoms. The lowest BCUT2D eigenvalue weighted by atomic mass is 10.0. The van der Waals surface area contributed by atoms with Gasteiger partial charge in [0.1, 0.15) is 0 Å². The van der Waals surface area contributed by atoms with Crippen LogP contribution in [-0.4, -0.2) is 0 Å². The smallest absolute Gasteiger partial charge is 0.0462 e. The molecule has 3 nitrogen and oxygen atoms in total. The van der Waals surface area contributed by atoms with E-state index in [4.69, 9.17) is 0 Å². The van der Waals surface area contributed by atoms with Gasteiger partial charge in [0, 0.05) is 172 Å². The number of hydrogen-bond donors (Lipinski definition) is 0. The number of anilines is 9. The summed E-state index contributed by atoms with van der Waals surface area (Å²) in [6.45, 7) is 0. The molecule has 692 valence electrons. The summed E-state index contributed by atoms with van der Waals surface area (Å²) in [5.74, 6) is 0. The van der Waals surface area contributed by atoms with Crippen LogP contribution in [0.15, 0.2) is 540 Å². The van der Waals surface area contributed by atoms with Crippen LogP contribution in [0.4, 0.5) is 51.2 Å². The molecule has 0 amide bonds. The standard InChI is InChI=1S/C54H33NS3.C42H27NS2.C42H29NS/c1-4-19-49-43(10-1)46-16-7-13-40(52(46)56-49)34-22-28-37(29-23-34)55(38-30-24-35(25-31-38)41-14-8-17-47-44-11-2-5-20-50(44)57-53(41)47)39-32-26-36(27-33-39)42-15-9-18-48-45-12-3-6-21-51(45)58-54(42)48;1-2-10-30(11-3-1)43(31-24-20-28(21-25-31)33-14-8-16-37-35-12-4-6-18-39(35)44-41(33)37)32-26-22-29(23-27-32)34-15-9-17-38-36-13-5-7-19-40(36)45-42(34)38;1-3-10-30(11-4-1)32-18-24-35(25-19-32)43(36-26-20-33(21-27-36)31-12-5-2-6-13-31)37-28-22-34(23-29-37)38-15-9-16-40-39-14-7-8-17-41(39)44-42(38)40/h1-33H;1-27H;1-29H. The van der Waals surface area contributed by atoms with E-state index in [9.17, 15) is 0 Å². The van der Waals surface area contributed by atoms with Crippen molar-refractivity contribution in [1.29, 1.82) is 0 Å². The minimum atomic E-state index is 1.12. The largest absolute Gasteiger partial charge is 0.311 e. The van der Waals surface area contributed by atoms with Gasteiger partial charge in [0.05, 0.1) is 0 Å². The molecule has 29 aromatic rings. The van der Waals surface area contributed by atoms with Gasteiger partial charge in [0.2, 0.25) is 0 Å². The van der Waals surface area contributed by atoms with E-state index < -0.39 is 0 Å². The van der Waals surface area contributed by atoms with Crippen LogP contribution in [0.5, 0.6) is 0 Å². The van der Waals surface area contributed by atoms with Gasteiger partial charge in [-0.15, -0.1) is 68.0 Å². The molecule has 0 saturated heterocycles. The monoisotopic (exact) mass is 1980 g/mol. The molecule has 9 heteroatoms. The Morgan fingerprint density at radius 2 is 0.231 bits per heavy atom. The van der Waals surface area contributed by atoms with E-state index in [0.29, 0.717) is 0 Å². The average molecular weight is 1980 g/mol. The predicted molar refractivity (Wildman–Crippen MR) is 644 cm³/mol. The van der Waals surface area contributed by atoms with Crippen molar-refractivity contribution in [3.8, 4) is 89.0 Å². The van der Waals surface area contributed by atoms with E-state index in [-0.39, 0.29) is 0 Å². The molecule has 6 heterocycles. The molecule has 0 radical (unpaired) electrons. The quantitative estimate of drug-likeness (QED) is 0.0900. The normalized spacial score (nSPS) is 11.5. The third-order valence-electron chi connectivity index (χ3n) is 28.5. The first kappa shape index (κ1) is 88.7. The fourth-order valence-electron chi connectivity index (χ4n) is 21.4. The van der Waals surface area contributed by atoms with Gasteiger partial charge in [-0.1, -0.05) is 394 Å². The lowest BCUT2D eigenvalue weighted by molar-refractivity contribution is 1.28. The zero-order valence-electron chi connectivity index (χ0n) is 79.7. The lowest BCUT2D eigenvalue weighted by Gasteiger charge is -2.26. The first-order valence-corrected chi connectivity index (χ1v) is 54.6. The van der Waals surface area contributed by atoms with Crippen LogP contribution in [0.2, 0.25) is 0 Å². The van der Waals surface area contributed by atoms with Crippen LogP contribution >= 0.6 is 68.0 Å². The molecule has 0 N–H and O–H groups in total. The summed E-state index contributed by atoms with van der Waals surface area (Å²) in [6.07, 6.45) is 0. The van der Waals surface area contributed by atoms with Crippen molar-refractivity contribution >= 4 is 240 Å². The van der Waals surface area contributed by atoms with E-state index in [1.165, 1.54) is 210 Å². The second kappa shape index (κ2) is 38.5. The predicted octanol–water partition coefficient (Wildman–Crippen LogP) is 43.0. The summed E-state index contributed by atoms with van der Waals surface area (Å²) < 4.78 is 16.0. The van der Waals surface area contributed by atoms with Gasteiger partial charge in [-0.05, 0) is 235 Å². The summed E-state index contributed by atoms with van der Waals surface area (Å²) >= 11 is 11.3. The molecule has 0 saturated carbocycles. The van der Waals surface area contributed by atoms with Gasteiger partial charge in [-0.2, -0.15) is 0 Å². The van der Waals surface area contributed by atoms with Gasteiger partial charge >= 0.3 is 0 Å². The van der Waals surface area contributed by atoms with Crippen molar-refractivity contribution < 1.29 is 0 Å². The summed E-state index contributed by atoms with van der Waals surface area (Å²) in [7, 11) is 0. The number of thiophene rings is 6. The maximum Gasteiger partial charge on any atom is 0.0462 e. The van der Waals surface area contributed by atoms with Crippen LogP contribution in [0, 0.1) is 0 Å². The number of hydrogen-bond acceptors (Lipinski definition) is 9. The van der Waals surface area contributed by atoms with Crippen LogP contribution < -0.4 is 14.7 Å². The molecule has 0 atom stereocenters. The van der Waals surface area contributed by atoms with Crippen molar-refractivity contribution in [2.24, 2.45) is 0 Å². The van der Waals surface area contributed by atoms with Gasteiger partial charge in [-0.3, -0.25) is 0 Å². The molecule has 147 heavy (non-hydrogen) atoms. The highest BCUT2D eigenvalue weighted by molar-refractivity contribution is 7.28. The van der Waals surface area contributed by atoms with Crippen LogP contribution in [0.3, 0.4) is 0 Å². The number of benzene rings is 23. The van der Waals surface area contributed by atoms with E-state index in [0.717, 1.165) is 51.2 Å². The highest BCUT2D eigenvalue weighted by Gasteiger charge is 2.24. The van der Waals surface area contributed by atoms with Gasteiger partial charge in [-0.25, -0.2) is 0 Å². The van der Waals surface area contributed by atoms with Gasteiger partial charge < -0.3 is 14.7 Å². The molecule has 0 aliphatic carbocycles. The van der Waals surface area contributed by atoms with Crippen molar-refractivity contribution in [2.75, 3.05) is 14.7 Å². The summed E-state index contributed by atoms with van der Waals surface area (Å²) in [5.41, 5.74) is 30.0. The molecule has 0 aliphatic rings. The number of fused-ring (bicyclic) bond motifs is 18. The molecule has 0 fully saturated rings. The average Bonchev–Trinajstić information content (AvgIpc) is 1.69. The third-order valence-corrected chi connectivity index (χ3v) is 35.8. The topological polar surface area (TPSA) is 9.72 Å². The van der Waals surface area contributed by atoms with E-state index >= 15 is 0 Å². The molecule has 0 aliphatic heterocycles. The number of rotatable bonds is 17. The van der Waals surface area contributed by atoms with Crippen molar-refractivity contribution in [3.05, 3.63) is 540 Å². The second-order valence-corrected chi connectivity index (χ2v) is 43.4. The van der Waals surface area contributed by atoms with Crippen LogP contribution in [-0.2, 0) is 0 Å². The molecule has 6 aromatic heterocycles. The maximum atomic E-state index is 2.39. The minimum Gasteiger partial charge on any atom is -0.311 e. The van der Waals surface area contributed by atoms with Crippen molar-refractivity contribution in [2.45, 2.75) is 0 Å². The van der Waals surface area contributed by atoms with E-state index in [2.05, 4.69) is 555 Å². The van der Waals surface area contributed by atoms with Crippen molar-refractivity contribution in [3.63, 3.8) is 0 Å². The zero-order chi connectivity index (χ0) is 97.2. The first-order chi connectivity index (χ1) is 72.9. The van der Waals surface area contributed by atoms with E-state index in [1.807, 2.05) is 68.0 Å². The minimum absolute atomic E-state index is 1.12. The summed E-state index contributed by atoms with van der Waals surface area (Å²) in [5, 5.41) is 15.9.